The van der Waals surface area contributed by atoms with E-state index in [0.29, 0.717) is 12.1 Å². The molecule has 3 aromatic rings. The van der Waals surface area contributed by atoms with Crippen LogP contribution in [-0.2, 0) is 16.6 Å². The molecule has 1 N–H and O–H groups in total. The lowest BCUT2D eigenvalue weighted by atomic mass is 10.0. The van der Waals surface area contributed by atoms with Gasteiger partial charge in [-0.15, -0.1) is 0 Å². The lowest BCUT2D eigenvalue weighted by Gasteiger charge is -2.19. The predicted molar refractivity (Wildman–Crippen MR) is 102 cm³/mol. The van der Waals surface area contributed by atoms with Gasteiger partial charge in [0.2, 0.25) is 10.0 Å². The first-order valence-electron chi connectivity index (χ1n) is 8.18. The zero-order chi connectivity index (χ0) is 18.7. The Balaban J connectivity index is 1.81. The number of hydrogen-bond acceptors (Lipinski definition) is 3. The summed E-state index contributed by atoms with van der Waals surface area (Å²) in [6, 6.07) is 20.0. The first-order chi connectivity index (χ1) is 12.4. The Kier molecular flexibility index (Phi) is 5.06. The van der Waals surface area contributed by atoms with E-state index in [4.69, 9.17) is 0 Å². The Labute approximate surface area is 153 Å². The van der Waals surface area contributed by atoms with E-state index < -0.39 is 10.0 Å². The molecule has 0 aliphatic heterocycles. The van der Waals surface area contributed by atoms with E-state index in [-0.39, 0.29) is 10.8 Å². The number of carbonyl (C=O) groups excluding carboxylic acids is 1. The fraction of sp³-hybridized carbons (Fsp3) is 0.150. The highest BCUT2D eigenvalue weighted by molar-refractivity contribution is 7.89. The van der Waals surface area contributed by atoms with Crippen LogP contribution in [0, 0.1) is 0 Å². The van der Waals surface area contributed by atoms with E-state index in [2.05, 4.69) is 4.72 Å². The quantitative estimate of drug-likeness (QED) is 0.753. The maximum Gasteiger partial charge on any atom is 0.253 e. The van der Waals surface area contributed by atoms with Crippen molar-refractivity contribution in [2.75, 3.05) is 14.1 Å². The molecule has 26 heavy (non-hydrogen) atoms. The average molecular weight is 368 g/mol. The lowest BCUT2D eigenvalue weighted by Crippen LogP contribution is -2.26. The molecule has 1 amide bonds. The van der Waals surface area contributed by atoms with Crippen molar-refractivity contribution in [3.8, 4) is 0 Å². The third-order valence-electron chi connectivity index (χ3n) is 4.31. The molecule has 0 radical (unpaired) electrons. The molecule has 5 nitrogen and oxygen atoms in total. The molecule has 0 aliphatic rings. The first kappa shape index (κ1) is 18.1. The van der Waals surface area contributed by atoms with Gasteiger partial charge in [0.05, 0.1) is 4.90 Å². The third kappa shape index (κ3) is 3.61. The topological polar surface area (TPSA) is 66.5 Å². The van der Waals surface area contributed by atoms with Crippen molar-refractivity contribution < 1.29 is 13.2 Å². The Morgan fingerprint density at radius 1 is 0.962 bits per heavy atom. The molecule has 0 saturated heterocycles. The van der Waals surface area contributed by atoms with Gasteiger partial charge in [-0.25, -0.2) is 13.1 Å². The smallest absolute Gasteiger partial charge is 0.253 e. The van der Waals surface area contributed by atoms with Gasteiger partial charge in [0.15, 0.2) is 0 Å². The minimum atomic E-state index is -3.51. The van der Waals surface area contributed by atoms with Crippen molar-refractivity contribution in [2.45, 2.75) is 11.4 Å². The van der Waals surface area contributed by atoms with Crippen LogP contribution in [0.4, 0.5) is 0 Å². The summed E-state index contributed by atoms with van der Waals surface area (Å²) in [6.07, 6.45) is 0. The van der Waals surface area contributed by atoms with Crippen molar-refractivity contribution in [1.82, 2.24) is 9.62 Å². The Morgan fingerprint density at radius 3 is 2.31 bits per heavy atom. The monoisotopic (exact) mass is 368 g/mol. The molecule has 134 valence electrons. The van der Waals surface area contributed by atoms with Crippen molar-refractivity contribution in [3.63, 3.8) is 0 Å². The van der Waals surface area contributed by atoms with Crippen molar-refractivity contribution in [1.29, 1.82) is 0 Å². The number of carbonyl (C=O) groups is 1. The summed E-state index contributed by atoms with van der Waals surface area (Å²) < 4.78 is 25.8. The van der Waals surface area contributed by atoms with E-state index in [1.807, 2.05) is 42.5 Å². The maximum absolute atomic E-state index is 12.7. The Hall–Kier alpha value is -2.70. The third-order valence-corrected chi connectivity index (χ3v) is 5.74. The van der Waals surface area contributed by atoms with Crippen LogP contribution < -0.4 is 4.72 Å². The summed E-state index contributed by atoms with van der Waals surface area (Å²) in [5.41, 5.74) is 1.51. The fourth-order valence-corrected chi connectivity index (χ4v) is 3.60. The van der Waals surface area contributed by atoms with Crippen LogP contribution in [-0.4, -0.2) is 33.3 Å². The number of amides is 1. The number of benzene rings is 3. The van der Waals surface area contributed by atoms with E-state index >= 15 is 0 Å². The van der Waals surface area contributed by atoms with Gasteiger partial charge in [-0.1, -0.05) is 42.5 Å². The van der Waals surface area contributed by atoms with Crippen LogP contribution in [0.2, 0.25) is 0 Å². The zero-order valence-corrected chi connectivity index (χ0v) is 15.5. The van der Waals surface area contributed by atoms with E-state index in [9.17, 15) is 13.2 Å². The normalized spacial score (nSPS) is 11.5. The fourth-order valence-electron chi connectivity index (χ4n) is 2.87. The van der Waals surface area contributed by atoms with Gasteiger partial charge in [-0.3, -0.25) is 4.79 Å². The summed E-state index contributed by atoms with van der Waals surface area (Å²) in [4.78, 5) is 14.4. The lowest BCUT2D eigenvalue weighted by molar-refractivity contribution is 0.0785. The molecule has 0 heterocycles. The first-order valence-corrected chi connectivity index (χ1v) is 9.66. The SMILES string of the molecule is CNS(=O)(=O)c1ccc(C(=O)N(C)Cc2cccc3ccccc23)cc1. The summed E-state index contributed by atoms with van der Waals surface area (Å²) in [5.74, 6) is -0.161. The molecule has 0 fully saturated rings. The highest BCUT2D eigenvalue weighted by Gasteiger charge is 2.16. The minimum Gasteiger partial charge on any atom is -0.337 e. The Morgan fingerprint density at radius 2 is 1.62 bits per heavy atom. The van der Waals surface area contributed by atoms with Crippen molar-refractivity contribution >= 4 is 26.7 Å². The molecule has 0 aliphatic carbocycles. The Bertz CT molecular complexity index is 1040. The van der Waals surface area contributed by atoms with Gasteiger partial charge in [0, 0.05) is 19.2 Å². The second-order valence-electron chi connectivity index (χ2n) is 6.03. The van der Waals surface area contributed by atoms with Crippen LogP contribution in [0.1, 0.15) is 15.9 Å². The molecular weight excluding hydrogens is 348 g/mol. The van der Waals surface area contributed by atoms with Crippen LogP contribution in [0.3, 0.4) is 0 Å². The average Bonchev–Trinajstić information content (AvgIpc) is 2.67. The van der Waals surface area contributed by atoms with E-state index in [0.717, 1.165) is 16.3 Å². The summed E-state index contributed by atoms with van der Waals surface area (Å²) in [7, 11) is -0.417. The highest BCUT2D eigenvalue weighted by atomic mass is 32.2. The largest absolute Gasteiger partial charge is 0.337 e. The van der Waals surface area contributed by atoms with Crippen LogP contribution in [0.15, 0.2) is 71.6 Å². The molecule has 0 unspecified atom stereocenters. The predicted octanol–water partition coefficient (Wildman–Crippen LogP) is 3.02. The van der Waals surface area contributed by atoms with E-state index in [1.165, 1.54) is 31.3 Å². The molecule has 0 aromatic heterocycles. The second-order valence-corrected chi connectivity index (χ2v) is 7.92. The molecule has 0 bridgehead atoms. The molecule has 3 aromatic carbocycles. The molecule has 0 spiro atoms. The van der Waals surface area contributed by atoms with Gasteiger partial charge in [-0.05, 0) is 47.6 Å². The number of rotatable bonds is 5. The molecule has 6 heteroatoms. The molecular formula is C20H20N2O3S. The molecule has 3 rings (SSSR count). The summed E-state index contributed by atoms with van der Waals surface area (Å²) in [6.45, 7) is 0.469. The zero-order valence-electron chi connectivity index (χ0n) is 14.6. The second kappa shape index (κ2) is 7.27. The van der Waals surface area contributed by atoms with Gasteiger partial charge in [0.1, 0.15) is 0 Å². The number of sulfonamides is 1. The van der Waals surface area contributed by atoms with Gasteiger partial charge in [0.25, 0.3) is 5.91 Å². The number of nitrogens with one attached hydrogen (secondary N) is 1. The standard InChI is InChI=1S/C20H20N2O3S/c1-21-26(24,25)18-12-10-16(11-13-18)20(23)22(2)14-17-8-5-7-15-6-3-4-9-19(15)17/h3-13,21H,14H2,1-2H3. The summed E-state index contributed by atoms with van der Waals surface area (Å²) in [5, 5.41) is 2.25. The number of hydrogen-bond donors (Lipinski definition) is 1. The van der Waals surface area contributed by atoms with Crippen molar-refractivity contribution in [3.05, 3.63) is 77.9 Å². The van der Waals surface area contributed by atoms with Crippen LogP contribution >= 0.6 is 0 Å². The molecule has 0 atom stereocenters. The maximum atomic E-state index is 12.7. The van der Waals surface area contributed by atoms with Gasteiger partial charge in [-0.2, -0.15) is 0 Å². The highest BCUT2D eigenvalue weighted by Crippen LogP contribution is 2.20. The number of fused-ring (bicyclic) bond motifs is 1. The van der Waals surface area contributed by atoms with Gasteiger partial charge >= 0.3 is 0 Å². The van der Waals surface area contributed by atoms with E-state index in [1.54, 1.807) is 11.9 Å². The van der Waals surface area contributed by atoms with Gasteiger partial charge < -0.3 is 4.90 Å². The minimum absolute atomic E-state index is 0.133. The number of nitrogens with zero attached hydrogens (tertiary/aromatic N) is 1. The van der Waals surface area contributed by atoms with Crippen LogP contribution in [0.25, 0.3) is 10.8 Å². The molecule has 0 saturated carbocycles. The van der Waals surface area contributed by atoms with Crippen LogP contribution in [0.5, 0.6) is 0 Å². The van der Waals surface area contributed by atoms with Crippen molar-refractivity contribution in [2.24, 2.45) is 0 Å². The summed E-state index contributed by atoms with van der Waals surface area (Å²) >= 11 is 0.